The van der Waals surface area contributed by atoms with Gasteiger partial charge < -0.3 is 11.1 Å². The van der Waals surface area contributed by atoms with Crippen molar-refractivity contribution in [3.05, 3.63) is 54.2 Å². The minimum Gasteiger partial charge on any atom is -0.397 e. The molecule has 0 spiro atoms. The lowest BCUT2D eigenvalue weighted by molar-refractivity contribution is 0.208. The highest BCUT2D eigenvalue weighted by Gasteiger charge is 2.19. The standard InChI is InChI=1S/C17H22N4/c18-15-8-9-17(19-11-15)20-16-7-4-10-21(13-16)12-14-5-2-1-3-6-14/h1-3,5-6,8-9,11,16H,4,7,10,12-13,18H2,(H,19,20). The minimum absolute atomic E-state index is 0.457. The first-order valence-corrected chi connectivity index (χ1v) is 7.54. The number of benzene rings is 1. The summed E-state index contributed by atoms with van der Waals surface area (Å²) in [6.07, 6.45) is 4.11. The third-order valence-electron chi connectivity index (χ3n) is 3.89. The van der Waals surface area contributed by atoms with E-state index in [1.807, 2.05) is 12.1 Å². The van der Waals surface area contributed by atoms with Gasteiger partial charge in [-0.2, -0.15) is 0 Å². The van der Waals surface area contributed by atoms with Crippen molar-refractivity contribution in [2.75, 3.05) is 24.1 Å². The van der Waals surface area contributed by atoms with Crippen molar-refractivity contribution in [2.45, 2.75) is 25.4 Å². The molecule has 4 heteroatoms. The van der Waals surface area contributed by atoms with Gasteiger partial charge in [0.25, 0.3) is 0 Å². The number of aromatic nitrogens is 1. The number of nitrogens with zero attached hydrogens (tertiary/aromatic N) is 2. The normalized spacial score (nSPS) is 19.3. The predicted octanol–water partition coefficient (Wildman–Crippen LogP) is 2.74. The number of pyridine rings is 1. The number of nitrogens with two attached hydrogens (primary N) is 1. The van der Waals surface area contributed by atoms with Crippen LogP contribution < -0.4 is 11.1 Å². The number of piperidine rings is 1. The average Bonchev–Trinajstić information content (AvgIpc) is 2.51. The molecule has 3 N–H and O–H groups in total. The summed E-state index contributed by atoms with van der Waals surface area (Å²) in [7, 11) is 0. The zero-order valence-electron chi connectivity index (χ0n) is 12.2. The van der Waals surface area contributed by atoms with Crippen LogP contribution in [0.5, 0.6) is 0 Å². The molecule has 4 nitrogen and oxygen atoms in total. The highest BCUT2D eigenvalue weighted by atomic mass is 15.2. The van der Waals surface area contributed by atoms with Crippen LogP contribution in [0.15, 0.2) is 48.7 Å². The maximum Gasteiger partial charge on any atom is 0.126 e. The molecule has 0 radical (unpaired) electrons. The minimum atomic E-state index is 0.457. The lowest BCUT2D eigenvalue weighted by atomic mass is 10.0. The Labute approximate surface area is 126 Å². The number of nitrogen functional groups attached to an aromatic ring is 1. The van der Waals surface area contributed by atoms with E-state index in [0.717, 1.165) is 18.9 Å². The summed E-state index contributed by atoms with van der Waals surface area (Å²) in [5.74, 6) is 0.913. The molecule has 1 aliphatic heterocycles. The van der Waals surface area contributed by atoms with Gasteiger partial charge in [0, 0.05) is 19.1 Å². The highest BCUT2D eigenvalue weighted by molar-refractivity contribution is 5.44. The zero-order valence-corrected chi connectivity index (χ0v) is 12.2. The number of hydrogen-bond donors (Lipinski definition) is 2. The molecular formula is C17H22N4. The van der Waals surface area contributed by atoms with E-state index in [1.54, 1.807) is 6.20 Å². The maximum atomic E-state index is 5.67. The molecule has 0 aliphatic carbocycles. The Bertz CT molecular complexity index is 553. The van der Waals surface area contributed by atoms with E-state index in [2.05, 4.69) is 45.5 Å². The second-order valence-electron chi connectivity index (χ2n) is 5.68. The van der Waals surface area contributed by atoms with Crippen LogP contribution in [-0.4, -0.2) is 29.0 Å². The molecule has 2 heterocycles. The highest BCUT2D eigenvalue weighted by Crippen LogP contribution is 2.17. The average molecular weight is 282 g/mol. The van der Waals surface area contributed by atoms with Crippen LogP contribution in [0.3, 0.4) is 0 Å². The number of nitrogens with one attached hydrogen (secondary N) is 1. The van der Waals surface area contributed by atoms with Crippen molar-refractivity contribution < 1.29 is 0 Å². The molecule has 1 saturated heterocycles. The summed E-state index contributed by atoms with van der Waals surface area (Å²) in [6.45, 7) is 3.25. The van der Waals surface area contributed by atoms with Crippen molar-refractivity contribution in [1.29, 1.82) is 0 Å². The van der Waals surface area contributed by atoms with Crippen LogP contribution in [0.4, 0.5) is 11.5 Å². The molecule has 1 fully saturated rings. The van der Waals surface area contributed by atoms with E-state index in [-0.39, 0.29) is 0 Å². The van der Waals surface area contributed by atoms with Gasteiger partial charge in [-0.3, -0.25) is 4.90 Å². The number of rotatable bonds is 4. The molecule has 3 rings (SSSR count). The summed E-state index contributed by atoms with van der Waals surface area (Å²) >= 11 is 0. The Morgan fingerprint density at radius 1 is 1.19 bits per heavy atom. The Morgan fingerprint density at radius 3 is 2.81 bits per heavy atom. The predicted molar refractivity (Wildman–Crippen MR) is 87.0 cm³/mol. The summed E-state index contributed by atoms with van der Waals surface area (Å²) in [4.78, 5) is 6.83. The molecule has 0 saturated carbocycles. The van der Waals surface area contributed by atoms with Gasteiger partial charge in [0.2, 0.25) is 0 Å². The van der Waals surface area contributed by atoms with E-state index in [0.29, 0.717) is 11.7 Å². The van der Waals surface area contributed by atoms with Gasteiger partial charge in [0.1, 0.15) is 5.82 Å². The Morgan fingerprint density at radius 2 is 2.05 bits per heavy atom. The third-order valence-corrected chi connectivity index (χ3v) is 3.89. The molecule has 1 unspecified atom stereocenters. The number of hydrogen-bond acceptors (Lipinski definition) is 4. The first kappa shape index (κ1) is 13.9. The van der Waals surface area contributed by atoms with E-state index in [1.165, 1.54) is 24.9 Å². The van der Waals surface area contributed by atoms with Crippen molar-refractivity contribution in [3.63, 3.8) is 0 Å². The van der Waals surface area contributed by atoms with Crippen molar-refractivity contribution in [3.8, 4) is 0 Å². The summed E-state index contributed by atoms with van der Waals surface area (Å²) in [5, 5.41) is 3.52. The SMILES string of the molecule is Nc1ccc(NC2CCCN(Cc3ccccc3)C2)nc1. The van der Waals surface area contributed by atoms with E-state index < -0.39 is 0 Å². The quantitative estimate of drug-likeness (QED) is 0.905. The lowest BCUT2D eigenvalue weighted by Crippen LogP contribution is -2.41. The van der Waals surface area contributed by atoms with Gasteiger partial charge in [-0.1, -0.05) is 30.3 Å². The van der Waals surface area contributed by atoms with Crippen LogP contribution in [0.2, 0.25) is 0 Å². The first-order chi connectivity index (χ1) is 10.3. The van der Waals surface area contributed by atoms with Crippen LogP contribution >= 0.6 is 0 Å². The van der Waals surface area contributed by atoms with Gasteiger partial charge in [0.15, 0.2) is 0 Å². The summed E-state index contributed by atoms with van der Waals surface area (Å²) in [5.41, 5.74) is 7.75. The second kappa shape index (κ2) is 6.59. The Balaban J connectivity index is 1.57. The van der Waals surface area contributed by atoms with E-state index in [9.17, 15) is 0 Å². The lowest BCUT2D eigenvalue weighted by Gasteiger charge is -2.33. The van der Waals surface area contributed by atoms with Crippen molar-refractivity contribution in [2.24, 2.45) is 0 Å². The molecular weight excluding hydrogens is 260 g/mol. The first-order valence-electron chi connectivity index (χ1n) is 7.54. The fourth-order valence-electron chi connectivity index (χ4n) is 2.86. The molecule has 2 aromatic rings. The fourth-order valence-corrected chi connectivity index (χ4v) is 2.86. The third kappa shape index (κ3) is 3.95. The van der Waals surface area contributed by atoms with Crippen molar-refractivity contribution >= 4 is 11.5 Å². The second-order valence-corrected chi connectivity index (χ2v) is 5.68. The summed E-state index contributed by atoms with van der Waals surface area (Å²) in [6, 6.07) is 15.0. The van der Waals surface area contributed by atoms with E-state index in [4.69, 9.17) is 5.73 Å². The molecule has 21 heavy (non-hydrogen) atoms. The largest absolute Gasteiger partial charge is 0.397 e. The smallest absolute Gasteiger partial charge is 0.126 e. The Hall–Kier alpha value is -2.07. The Kier molecular flexibility index (Phi) is 4.36. The van der Waals surface area contributed by atoms with Gasteiger partial charge >= 0.3 is 0 Å². The number of anilines is 2. The number of likely N-dealkylation sites (tertiary alicyclic amines) is 1. The van der Waals surface area contributed by atoms with Gasteiger partial charge in [0.05, 0.1) is 11.9 Å². The molecule has 1 atom stereocenters. The molecule has 1 aromatic heterocycles. The van der Waals surface area contributed by atoms with Gasteiger partial charge in [-0.15, -0.1) is 0 Å². The summed E-state index contributed by atoms with van der Waals surface area (Å²) < 4.78 is 0. The molecule has 1 aliphatic rings. The van der Waals surface area contributed by atoms with Crippen LogP contribution in [-0.2, 0) is 6.54 Å². The fraction of sp³-hybridized carbons (Fsp3) is 0.353. The zero-order chi connectivity index (χ0) is 14.5. The monoisotopic (exact) mass is 282 g/mol. The molecule has 0 bridgehead atoms. The molecule has 110 valence electrons. The van der Waals surface area contributed by atoms with Crippen LogP contribution in [0.25, 0.3) is 0 Å². The maximum absolute atomic E-state index is 5.67. The van der Waals surface area contributed by atoms with Crippen LogP contribution in [0, 0.1) is 0 Å². The van der Waals surface area contributed by atoms with Crippen LogP contribution in [0.1, 0.15) is 18.4 Å². The van der Waals surface area contributed by atoms with Gasteiger partial charge in [-0.05, 0) is 37.1 Å². The van der Waals surface area contributed by atoms with Crippen molar-refractivity contribution in [1.82, 2.24) is 9.88 Å². The molecule has 0 amide bonds. The van der Waals surface area contributed by atoms with Gasteiger partial charge in [-0.25, -0.2) is 4.98 Å². The molecule has 1 aromatic carbocycles. The topological polar surface area (TPSA) is 54.2 Å². The van der Waals surface area contributed by atoms with E-state index >= 15 is 0 Å².